The molecule has 0 saturated carbocycles. The molecule has 4 N–H and O–H groups in total. The molecule has 0 aliphatic heterocycles. The number of amides is 1. The minimum Gasteiger partial charge on any atom is -0.508 e. The van der Waals surface area contributed by atoms with Crippen LogP contribution in [0.1, 0.15) is 15.9 Å². The quantitative estimate of drug-likeness (QED) is 0.737. The molecule has 0 heterocycles. The van der Waals surface area contributed by atoms with Gasteiger partial charge < -0.3 is 16.2 Å². The molecule has 0 unspecified atom stereocenters. The average Bonchev–Trinajstić information content (AvgIpc) is 2.36. The number of hydrogen-bond donors (Lipinski definition) is 3. The Morgan fingerprint density at radius 3 is 2.63 bits per heavy atom. The minimum atomic E-state index is -0.345. The number of phenolic OH excluding ortho intramolecular Hbond substituents is 1. The van der Waals surface area contributed by atoms with Gasteiger partial charge in [-0.3, -0.25) is 4.79 Å². The molecule has 1 amide bonds. The average molecular weight is 277 g/mol. The molecule has 5 heteroatoms. The highest BCUT2D eigenvalue weighted by atomic mass is 35.5. The summed E-state index contributed by atoms with van der Waals surface area (Å²) in [6.07, 6.45) is 0. The van der Waals surface area contributed by atoms with Gasteiger partial charge in [0.1, 0.15) is 5.75 Å². The van der Waals surface area contributed by atoms with Gasteiger partial charge in [-0.05, 0) is 42.8 Å². The van der Waals surface area contributed by atoms with Crippen molar-refractivity contribution in [1.29, 1.82) is 0 Å². The molecule has 4 nitrogen and oxygen atoms in total. The number of nitrogens with one attached hydrogen (secondary N) is 1. The van der Waals surface area contributed by atoms with E-state index in [0.717, 1.165) is 0 Å². The van der Waals surface area contributed by atoms with Crippen LogP contribution in [0.25, 0.3) is 0 Å². The number of carbonyl (C=O) groups is 1. The Bertz CT molecular complexity index is 641. The first-order valence-corrected chi connectivity index (χ1v) is 6.01. The van der Waals surface area contributed by atoms with E-state index in [1.54, 1.807) is 37.3 Å². The minimum absolute atomic E-state index is 0.0797. The Morgan fingerprint density at radius 2 is 2.00 bits per heavy atom. The molecule has 2 rings (SSSR count). The third kappa shape index (κ3) is 2.98. The standard InChI is InChI=1S/C14H13ClN2O2/c1-8-2-3-9(6-13(8)18)14(19)17-12-5-4-10(16)7-11(12)15/h2-7,18H,16H2,1H3,(H,17,19). The van der Waals surface area contributed by atoms with Crippen molar-refractivity contribution in [3.05, 3.63) is 52.5 Å². The molecule has 0 spiro atoms. The molecule has 0 aliphatic rings. The van der Waals surface area contributed by atoms with E-state index in [2.05, 4.69) is 5.32 Å². The Kier molecular flexibility index (Phi) is 3.62. The van der Waals surface area contributed by atoms with Gasteiger partial charge in [0, 0.05) is 11.3 Å². The lowest BCUT2D eigenvalue weighted by Gasteiger charge is -2.08. The van der Waals surface area contributed by atoms with Gasteiger partial charge in [0.05, 0.1) is 10.7 Å². The number of nitrogen functional groups attached to an aromatic ring is 1. The van der Waals surface area contributed by atoms with Gasteiger partial charge in [0.25, 0.3) is 5.91 Å². The highest BCUT2D eigenvalue weighted by Crippen LogP contribution is 2.25. The first-order chi connectivity index (χ1) is 8.97. The summed E-state index contributed by atoms with van der Waals surface area (Å²) in [4.78, 5) is 12.0. The first-order valence-electron chi connectivity index (χ1n) is 5.63. The number of carbonyl (C=O) groups excluding carboxylic acids is 1. The van der Waals surface area contributed by atoms with E-state index in [1.165, 1.54) is 6.07 Å². The normalized spacial score (nSPS) is 10.2. The van der Waals surface area contributed by atoms with Gasteiger partial charge in [0.2, 0.25) is 0 Å². The molecule has 98 valence electrons. The van der Waals surface area contributed by atoms with Gasteiger partial charge in [-0.15, -0.1) is 0 Å². The third-order valence-electron chi connectivity index (χ3n) is 2.71. The summed E-state index contributed by atoms with van der Waals surface area (Å²) in [7, 11) is 0. The highest BCUT2D eigenvalue weighted by Gasteiger charge is 2.10. The second-order valence-electron chi connectivity index (χ2n) is 4.19. The predicted octanol–water partition coefficient (Wildman–Crippen LogP) is 3.19. The van der Waals surface area contributed by atoms with Crippen LogP contribution in [-0.4, -0.2) is 11.0 Å². The van der Waals surface area contributed by atoms with E-state index < -0.39 is 0 Å². The lowest BCUT2D eigenvalue weighted by Crippen LogP contribution is -2.12. The summed E-state index contributed by atoms with van der Waals surface area (Å²) in [6.45, 7) is 1.76. The molecular formula is C14H13ClN2O2. The van der Waals surface area contributed by atoms with Crippen molar-refractivity contribution in [3.8, 4) is 5.75 Å². The number of nitrogens with two attached hydrogens (primary N) is 1. The van der Waals surface area contributed by atoms with E-state index in [4.69, 9.17) is 17.3 Å². The van der Waals surface area contributed by atoms with E-state index in [9.17, 15) is 9.90 Å². The molecule has 2 aromatic rings. The van der Waals surface area contributed by atoms with Crippen LogP contribution < -0.4 is 11.1 Å². The molecule has 0 atom stereocenters. The number of halogens is 1. The number of aromatic hydroxyl groups is 1. The van der Waals surface area contributed by atoms with Gasteiger partial charge in [0.15, 0.2) is 0 Å². The fraction of sp³-hybridized carbons (Fsp3) is 0.0714. The van der Waals surface area contributed by atoms with E-state index in [1.807, 2.05) is 0 Å². The second-order valence-corrected chi connectivity index (χ2v) is 4.60. The van der Waals surface area contributed by atoms with E-state index >= 15 is 0 Å². The highest BCUT2D eigenvalue weighted by molar-refractivity contribution is 6.34. The third-order valence-corrected chi connectivity index (χ3v) is 3.03. The van der Waals surface area contributed by atoms with Gasteiger partial charge in [-0.2, -0.15) is 0 Å². The van der Waals surface area contributed by atoms with Gasteiger partial charge in [-0.1, -0.05) is 17.7 Å². The van der Waals surface area contributed by atoms with Crippen LogP contribution in [0.5, 0.6) is 5.75 Å². The Labute approximate surface area is 115 Å². The molecule has 0 saturated heterocycles. The zero-order valence-corrected chi connectivity index (χ0v) is 11.0. The number of phenols is 1. The van der Waals surface area contributed by atoms with E-state index in [0.29, 0.717) is 27.5 Å². The topological polar surface area (TPSA) is 75.4 Å². The number of anilines is 2. The monoisotopic (exact) mass is 276 g/mol. The second kappa shape index (κ2) is 5.20. The van der Waals surface area contributed by atoms with Crippen LogP contribution in [0, 0.1) is 6.92 Å². The van der Waals surface area contributed by atoms with Crippen LogP contribution in [0.4, 0.5) is 11.4 Å². The Balaban J connectivity index is 2.23. The lowest BCUT2D eigenvalue weighted by molar-refractivity contribution is 0.102. The zero-order valence-electron chi connectivity index (χ0n) is 10.3. The SMILES string of the molecule is Cc1ccc(C(=O)Nc2ccc(N)cc2Cl)cc1O. The molecule has 0 radical (unpaired) electrons. The van der Waals surface area contributed by atoms with Crippen molar-refractivity contribution in [2.75, 3.05) is 11.1 Å². The van der Waals surface area contributed by atoms with Crippen LogP contribution in [0.15, 0.2) is 36.4 Å². The maximum atomic E-state index is 12.0. The van der Waals surface area contributed by atoms with Crippen molar-refractivity contribution < 1.29 is 9.90 Å². The number of aryl methyl sites for hydroxylation is 1. The first kappa shape index (κ1) is 13.2. The number of benzene rings is 2. The molecule has 0 aromatic heterocycles. The lowest BCUT2D eigenvalue weighted by atomic mass is 10.1. The number of hydrogen-bond acceptors (Lipinski definition) is 3. The van der Waals surface area contributed by atoms with Crippen LogP contribution in [-0.2, 0) is 0 Å². The predicted molar refractivity (Wildman–Crippen MR) is 76.7 cm³/mol. The van der Waals surface area contributed by atoms with Crippen molar-refractivity contribution in [1.82, 2.24) is 0 Å². The zero-order chi connectivity index (χ0) is 14.0. The fourth-order valence-electron chi connectivity index (χ4n) is 1.58. The Morgan fingerprint density at radius 1 is 1.26 bits per heavy atom. The summed E-state index contributed by atoms with van der Waals surface area (Å²) in [5, 5.41) is 12.6. The fourth-order valence-corrected chi connectivity index (χ4v) is 1.81. The van der Waals surface area contributed by atoms with Crippen molar-refractivity contribution >= 4 is 28.9 Å². The maximum Gasteiger partial charge on any atom is 0.255 e. The molecule has 0 aliphatic carbocycles. The van der Waals surface area contributed by atoms with Crippen LogP contribution in [0.2, 0.25) is 5.02 Å². The number of rotatable bonds is 2. The summed E-state index contributed by atoms with van der Waals surface area (Å²) < 4.78 is 0. The largest absolute Gasteiger partial charge is 0.508 e. The van der Waals surface area contributed by atoms with Gasteiger partial charge in [-0.25, -0.2) is 0 Å². The van der Waals surface area contributed by atoms with E-state index in [-0.39, 0.29) is 11.7 Å². The van der Waals surface area contributed by atoms with Crippen LogP contribution >= 0.6 is 11.6 Å². The summed E-state index contributed by atoms with van der Waals surface area (Å²) >= 11 is 5.97. The molecule has 2 aromatic carbocycles. The smallest absolute Gasteiger partial charge is 0.255 e. The maximum absolute atomic E-state index is 12.0. The molecule has 19 heavy (non-hydrogen) atoms. The Hall–Kier alpha value is -2.20. The van der Waals surface area contributed by atoms with Gasteiger partial charge >= 0.3 is 0 Å². The van der Waals surface area contributed by atoms with Crippen molar-refractivity contribution in [3.63, 3.8) is 0 Å². The molecule has 0 bridgehead atoms. The summed E-state index contributed by atoms with van der Waals surface area (Å²) in [5.74, 6) is -0.266. The molecular weight excluding hydrogens is 264 g/mol. The summed E-state index contributed by atoms with van der Waals surface area (Å²) in [6, 6.07) is 9.56. The van der Waals surface area contributed by atoms with Crippen LogP contribution in [0.3, 0.4) is 0 Å². The van der Waals surface area contributed by atoms with Crippen molar-refractivity contribution in [2.45, 2.75) is 6.92 Å². The van der Waals surface area contributed by atoms with Crippen molar-refractivity contribution in [2.24, 2.45) is 0 Å². The summed E-state index contributed by atoms with van der Waals surface area (Å²) in [5.41, 5.74) is 7.64. The molecule has 0 fully saturated rings.